The highest BCUT2D eigenvalue weighted by atomic mass is 15.1. The summed E-state index contributed by atoms with van der Waals surface area (Å²) in [5.74, 6) is 0.954. The molecule has 1 aromatic rings. The van der Waals surface area contributed by atoms with Crippen molar-refractivity contribution in [1.82, 2.24) is 10.2 Å². The van der Waals surface area contributed by atoms with Gasteiger partial charge in [-0.1, -0.05) is 103 Å². The Labute approximate surface area is 193 Å². The number of nitrogens with zero attached hydrogens (tertiary/aromatic N) is 1. The summed E-state index contributed by atoms with van der Waals surface area (Å²) < 4.78 is 0. The number of hydrogen-bond acceptors (Lipinski definition) is 2. The van der Waals surface area contributed by atoms with Gasteiger partial charge in [0.25, 0.3) is 0 Å². The van der Waals surface area contributed by atoms with E-state index >= 15 is 0 Å². The van der Waals surface area contributed by atoms with Gasteiger partial charge in [-0.15, -0.1) is 0 Å². The van der Waals surface area contributed by atoms with Gasteiger partial charge in [0.1, 0.15) is 0 Å². The number of unbranched alkanes of at least 4 members (excludes halogenated alkanes) is 1. The van der Waals surface area contributed by atoms with Crippen LogP contribution in [0.2, 0.25) is 0 Å². The molecule has 0 saturated carbocycles. The predicted octanol–water partition coefficient (Wildman–Crippen LogP) is 7.65. The van der Waals surface area contributed by atoms with Gasteiger partial charge >= 0.3 is 0 Å². The molecule has 1 heterocycles. The third kappa shape index (κ3) is 12.4. The molecule has 2 nitrogen and oxygen atoms in total. The van der Waals surface area contributed by atoms with E-state index in [0.29, 0.717) is 0 Å². The summed E-state index contributed by atoms with van der Waals surface area (Å²) in [4.78, 5) is 2.42. The zero-order valence-corrected chi connectivity index (χ0v) is 21.2. The molecule has 0 spiro atoms. The highest BCUT2D eigenvalue weighted by Gasteiger charge is 2.09. The largest absolute Gasteiger partial charge is 0.372 e. The molecular weight excluding hydrogens is 376 g/mol. The Hall–Kier alpha value is -2.06. The maximum atomic E-state index is 4.34. The predicted molar refractivity (Wildman–Crippen MR) is 142 cm³/mol. The van der Waals surface area contributed by atoms with E-state index in [1.807, 2.05) is 26.8 Å². The van der Waals surface area contributed by atoms with Gasteiger partial charge < -0.3 is 10.2 Å². The molecule has 0 aromatic heterocycles. The highest BCUT2D eigenvalue weighted by Crippen LogP contribution is 2.20. The van der Waals surface area contributed by atoms with Gasteiger partial charge in [-0.3, -0.25) is 0 Å². The van der Waals surface area contributed by atoms with Crippen LogP contribution < -0.4 is 5.32 Å². The summed E-state index contributed by atoms with van der Waals surface area (Å²) >= 11 is 0. The van der Waals surface area contributed by atoms with E-state index in [9.17, 15) is 0 Å². The first-order valence-electron chi connectivity index (χ1n) is 12.2. The Bertz CT molecular complexity index is 648. The fourth-order valence-corrected chi connectivity index (χ4v) is 3.21. The SMILES string of the molecule is C=C/C=C(\C=C/C)Cc1ccc(C(=C)N(CCC)CCCC)cc1.CC.CC1CNC1. The molecule has 1 aliphatic rings. The Morgan fingerprint density at radius 1 is 1.10 bits per heavy atom. The molecule has 1 aromatic carbocycles. The molecule has 31 heavy (non-hydrogen) atoms. The smallest absolute Gasteiger partial charge is 0.0366 e. The molecule has 0 radical (unpaired) electrons. The molecule has 2 heteroatoms. The van der Waals surface area contributed by atoms with Crippen molar-refractivity contribution in [2.45, 2.75) is 67.2 Å². The monoisotopic (exact) mass is 424 g/mol. The average molecular weight is 425 g/mol. The van der Waals surface area contributed by atoms with E-state index in [-0.39, 0.29) is 0 Å². The maximum Gasteiger partial charge on any atom is 0.0366 e. The van der Waals surface area contributed by atoms with E-state index in [0.717, 1.165) is 37.5 Å². The molecule has 0 aliphatic carbocycles. The van der Waals surface area contributed by atoms with E-state index in [4.69, 9.17) is 0 Å². The zero-order chi connectivity index (χ0) is 23.5. The van der Waals surface area contributed by atoms with Gasteiger partial charge in [-0.2, -0.15) is 0 Å². The topological polar surface area (TPSA) is 15.3 Å². The van der Waals surface area contributed by atoms with Crippen LogP contribution in [-0.2, 0) is 6.42 Å². The van der Waals surface area contributed by atoms with Crippen LogP contribution in [0.4, 0.5) is 0 Å². The minimum atomic E-state index is 0.928. The van der Waals surface area contributed by atoms with Gasteiger partial charge in [0, 0.05) is 18.8 Å². The average Bonchev–Trinajstić information content (AvgIpc) is 2.77. The normalized spacial score (nSPS) is 13.4. The van der Waals surface area contributed by atoms with Crippen molar-refractivity contribution < 1.29 is 0 Å². The lowest BCUT2D eigenvalue weighted by molar-refractivity contribution is 0.379. The van der Waals surface area contributed by atoms with E-state index in [2.05, 4.69) is 86.6 Å². The second kappa shape index (κ2) is 18.7. The fourth-order valence-electron chi connectivity index (χ4n) is 3.21. The van der Waals surface area contributed by atoms with Crippen molar-refractivity contribution >= 4 is 5.70 Å². The quantitative estimate of drug-likeness (QED) is 0.367. The minimum absolute atomic E-state index is 0.928. The van der Waals surface area contributed by atoms with Crippen LogP contribution in [0.1, 0.15) is 71.9 Å². The Morgan fingerprint density at radius 2 is 1.71 bits per heavy atom. The Balaban J connectivity index is 0.00000110. The van der Waals surface area contributed by atoms with Crippen LogP contribution in [0, 0.1) is 5.92 Å². The molecule has 0 amide bonds. The van der Waals surface area contributed by atoms with Crippen LogP contribution in [0.5, 0.6) is 0 Å². The number of rotatable bonds is 11. The van der Waals surface area contributed by atoms with E-state index in [1.165, 1.54) is 42.6 Å². The second-order valence-corrected chi connectivity index (χ2v) is 7.90. The first-order valence-corrected chi connectivity index (χ1v) is 12.2. The maximum absolute atomic E-state index is 4.34. The van der Waals surface area contributed by atoms with Crippen molar-refractivity contribution in [2.24, 2.45) is 5.92 Å². The number of hydrogen-bond donors (Lipinski definition) is 1. The number of nitrogens with one attached hydrogen (secondary N) is 1. The summed E-state index contributed by atoms with van der Waals surface area (Å²) in [6, 6.07) is 8.83. The molecule has 0 unspecified atom stereocenters. The van der Waals surface area contributed by atoms with Gasteiger partial charge in [0.2, 0.25) is 0 Å². The van der Waals surface area contributed by atoms with Crippen molar-refractivity contribution in [3.8, 4) is 0 Å². The van der Waals surface area contributed by atoms with Gasteiger partial charge in [0.15, 0.2) is 0 Å². The fraction of sp³-hybridized carbons (Fsp3) is 0.517. The van der Waals surface area contributed by atoms with Crippen LogP contribution in [0.25, 0.3) is 5.70 Å². The standard InChI is InChI=1S/C23H33N.C4H9N.C2H6/c1-6-10-18-24(17-9-4)20(5)23-15-13-22(14-16-23)19-21(11-7-2)12-8-3;1-4-2-5-3-4;1-2/h7-8,11-16H,2,5-6,9-10,17-19H2,1,3-4H3;4-5H,2-3H2,1H3;1-2H3/b12-8-,21-11+;;. The summed E-state index contributed by atoms with van der Waals surface area (Å²) in [5.41, 5.74) is 4.96. The van der Waals surface area contributed by atoms with Crippen molar-refractivity contribution in [1.29, 1.82) is 0 Å². The van der Waals surface area contributed by atoms with Crippen LogP contribution in [-0.4, -0.2) is 31.1 Å². The van der Waals surface area contributed by atoms with E-state index in [1.54, 1.807) is 0 Å². The van der Waals surface area contributed by atoms with Crippen LogP contribution in [0.3, 0.4) is 0 Å². The number of benzene rings is 1. The third-order valence-corrected chi connectivity index (χ3v) is 5.05. The lowest BCUT2D eigenvalue weighted by Crippen LogP contribution is -2.39. The molecule has 1 saturated heterocycles. The first-order chi connectivity index (χ1) is 15.0. The van der Waals surface area contributed by atoms with Crippen LogP contribution in [0.15, 0.2) is 67.3 Å². The molecule has 174 valence electrons. The van der Waals surface area contributed by atoms with Crippen molar-refractivity contribution in [3.63, 3.8) is 0 Å². The number of allylic oxidation sites excluding steroid dienone is 5. The van der Waals surface area contributed by atoms with E-state index < -0.39 is 0 Å². The van der Waals surface area contributed by atoms with Gasteiger partial charge in [-0.05, 0) is 61.9 Å². The molecule has 0 atom stereocenters. The molecule has 2 rings (SSSR count). The Kier molecular flexibility index (Phi) is 17.4. The van der Waals surface area contributed by atoms with Gasteiger partial charge in [0.05, 0.1) is 0 Å². The van der Waals surface area contributed by atoms with Crippen molar-refractivity contribution in [2.75, 3.05) is 26.2 Å². The highest BCUT2D eigenvalue weighted by molar-refractivity contribution is 5.62. The van der Waals surface area contributed by atoms with Crippen LogP contribution >= 0.6 is 0 Å². The lowest BCUT2D eigenvalue weighted by Gasteiger charge is -2.26. The van der Waals surface area contributed by atoms with Crippen molar-refractivity contribution in [3.05, 3.63) is 78.4 Å². The zero-order valence-electron chi connectivity index (χ0n) is 21.2. The lowest BCUT2D eigenvalue weighted by atomic mass is 10.0. The molecule has 1 N–H and O–H groups in total. The first kappa shape index (κ1) is 28.9. The summed E-state index contributed by atoms with van der Waals surface area (Å²) in [6.45, 7) is 25.5. The minimum Gasteiger partial charge on any atom is -0.372 e. The Morgan fingerprint density at radius 3 is 2.13 bits per heavy atom. The molecule has 1 fully saturated rings. The third-order valence-electron chi connectivity index (χ3n) is 5.05. The molecule has 0 bridgehead atoms. The molecule has 1 aliphatic heterocycles. The second-order valence-electron chi connectivity index (χ2n) is 7.90. The molecular formula is C29H48N2. The van der Waals surface area contributed by atoms with Gasteiger partial charge in [-0.25, -0.2) is 0 Å². The summed E-state index contributed by atoms with van der Waals surface area (Å²) in [6.07, 6.45) is 12.6. The summed E-state index contributed by atoms with van der Waals surface area (Å²) in [5, 5.41) is 3.16. The summed E-state index contributed by atoms with van der Waals surface area (Å²) in [7, 11) is 0.